The van der Waals surface area contributed by atoms with E-state index in [-0.39, 0.29) is 31.0 Å². The maximum Gasteiger partial charge on any atom is 0.249 e. The largest absolute Gasteiger partial charge is 0.494 e. The number of aliphatic hydroxyl groups excluding tert-OH is 1. The quantitative estimate of drug-likeness (QED) is 0.590. The lowest BCUT2D eigenvalue weighted by Crippen LogP contribution is -2.35. The van der Waals surface area contributed by atoms with Crippen molar-refractivity contribution in [3.63, 3.8) is 0 Å². The number of nitrogens with zero attached hydrogens (tertiary/aromatic N) is 3. The molecule has 2 aromatic carbocycles. The number of carbonyl (C=O) groups is 2. The van der Waals surface area contributed by atoms with Gasteiger partial charge in [0.1, 0.15) is 11.8 Å². The molecule has 2 aliphatic rings. The standard InChI is InChI=1S/C24H28N4O4/c1-17-23(31)26-24-25-21-11-10-20(15-18(21)16-28(17)24)32-14-6-5-9-22(30)27(12-13-29)19-7-3-2-4-8-19/h2-4,7-8,10-11,15,17,29H,5-6,9,12-14,16H2,1H3,(H,25,26,31). The number of nitrogens with one attached hydrogen (secondary N) is 1. The summed E-state index contributed by atoms with van der Waals surface area (Å²) in [6.45, 7) is 3.19. The predicted octanol–water partition coefficient (Wildman–Crippen LogP) is 2.58. The Morgan fingerprint density at radius 3 is 2.84 bits per heavy atom. The zero-order valence-corrected chi connectivity index (χ0v) is 18.2. The number of fused-ring (bicyclic) bond motifs is 2. The Morgan fingerprint density at radius 1 is 1.25 bits per heavy atom. The third kappa shape index (κ3) is 4.75. The van der Waals surface area contributed by atoms with Crippen LogP contribution in [-0.4, -0.2) is 53.6 Å². The van der Waals surface area contributed by atoms with E-state index in [0.29, 0.717) is 32.0 Å². The highest BCUT2D eigenvalue weighted by molar-refractivity contribution is 6.07. The van der Waals surface area contributed by atoms with E-state index in [1.165, 1.54) is 0 Å². The Balaban J connectivity index is 1.25. The second-order valence-corrected chi connectivity index (χ2v) is 7.93. The van der Waals surface area contributed by atoms with Crippen LogP contribution in [-0.2, 0) is 16.1 Å². The molecule has 1 unspecified atom stereocenters. The fourth-order valence-electron chi connectivity index (χ4n) is 3.91. The average molecular weight is 437 g/mol. The van der Waals surface area contributed by atoms with E-state index in [2.05, 4.69) is 10.3 Å². The maximum atomic E-state index is 12.6. The molecule has 2 aliphatic heterocycles. The van der Waals surface area contributed by atoms with Gasteiger partial charge in [-0.05, 0) is 50.1 Å². The summed E-state index contributed by atoms with van der Waals surface area (Å²) in [4.78, 5) is 32.6. The van der Waals surface area contributed by atoms with Crippen molar-refractivity contribution in [1.82, 2.24) is 10.2 Å². The monoisotopic (exact) mass is 436 g/mol. The van der Waals surface area contributed by atoms with E-state index < -0.39 is 0 Å². The summed E-state index contributed by atoms with van der Waals surface area (Å²) >= 11 is 0. The van der Waals surface area contributed by atoms with Gasteiger partial charge in [0.2, 0.25) is 17.8 Å². The first-order valence-electron chi connectivity index (χ1n) is 10.9. The number of anilines is 1. The van der Waals surface area contributed by atoms with Crippen LogP contribution in [0.15, 0.2) is 53.5 Å². The first-order chi connectivity index (χ1) is 15.6. The Kier molecular flexibility index (Phi) is 6.70. The van der Waals surface area contributed by atoms with Gasteiger partial charge in [-0.2, -0.15) is 0 Å². The Bertz CT molecular complexity index is 1010. The molecule has 0 aromatic heterocycles. The van der Waals surface area contributed by atoms with Crippen molar-refractivity contribution in [1.29, 1.82) is 0 Å². The Morgan fingerprint density at radius 2 is 2.06 bits per heavy atom. The van der Waals surface area contributed by atoms with Crippen molar-refractivity contribution in [3.05, 3.63) is 54.1 Å². The van der Waals surface area contributed by atoms with E-state index in [9.17, 15) is 14.7 Å². The van der Waals surface area contributed by atoms with E-state index in [1.54, 1.807) is 4.90 Å². The van der Waals surface area contributed by atoms with Crippen LogP contribution in [0.5, 0.6) is 5.75 Å². The Labute approximate surface area is 187 Å². The number of carbonyl (C=O) groups excluding carboxylic acids is 2. The fourth-order valence-corrected chi connectivity index (χ4v) is 3.91. The highest BCUT2D eigenvalue weighted by atomic mass is 16.5. The molecule has 0 spiro atoms. The number of guanidine groups is 1. The van der Waals surface area contributed by atoms with Gasteiger partial charge in [-0.25, -0.2) is 4.99 Å². The molecule has 2 aromatic rings. The molecule has 1 atom stereocenters. The lowest BCUT2D eigenvalue weighted by Gasteiger charge is -2.26. The first kappa shape index (κ1) is 21.8. The molecule has 168 valence electrons. The molecule has 8 heteroatoms. The summed E-state index contributed by atoms with van der Waals surface area (Å²) in [7, 11) is 0. The second kappa shape index (κ2) is 9.82. The zero-order chi connectivity index (χ0) is 22.5. The van der Waals surface area contributed by atoms with Crippen LogP contribution < -0.4 is 15.0 Å². The molecule has 0 radical (unpaired) electrons. The molecular weight excluding hydrogens is 408 g/mol. The molecule has 0 aliphatic carbocycles. The third-order valence-electron chi connectivity index (χ3n) is 5.72. The summed E-state index contributed by atoms with van der Waals surface area (Å²) < 4.78 is 5.89. The summed E-state index contributed by atoms with van der Waals surface area (Å²) in [5.74, 6) is 1.33. The first-order valence-corrected chi connectivity index (χ1v) is 10.9. The van der Waals surface area contributed by atoms with Crippen LogP contribution in [0.2, 0.25) is 0 Å². The second-order valence-electron chi connectivity index (χ2n) is 7.93. The molecule has 2 heterocycles. The van der Waals surface area contributed by atoms with E-state index in [0.717, 1.165) is 29.1 Å². The number of amides is 2. The van der Waals surface area contributed by atoms with Crippen LogP contribution in [0.4, 0.5) is 11.4 Å². The highest BCUT2D eigenvalue weighted by Crippen LogP contribution is 2.31. The zero-order valence-electron chi connectivity index (χ0n) is 18.2. The number of hydrogen-bond donors (Lipinski definition) is 2. The van der Waals surface area contributed by atoms with Crippen LogP contribution in [0, 0.1) is 0 Å². The van der Waals surface area contributed by atoms with Gasteiger partial charge in [-0.3, -0.25) is 14.9 Å². The van der Waals surface area contributed by atoms with Crippen molar-refractivity contribution in [2.24, 2.45) is 4.99 Å². The molecular formula is C24H28N4O4. The number of ether oxygens (including phenoxy) is 1. The van der Waals surface area contributed by atoms with Crippen molar-refractivity contribution in [2.75, 3.05) is 24.7 Å². The average Bonchev–Trinajstić information content (AvgIpc) is 3.08. The summed E-state index contributed by atoms with van der Waals surface area (Å²) in [5.41, 5.74) is 2.66. The number of benzene rings is 2. The van der Waals surface area contributed by atoms with Crippen LogP contribution in [0.1, 0.15) is 31.7 Å². The van der Waals surface area contributed by atoms with Crippen molar-refractivity contribution < 1.29 is 19.4 Å². The van der Waals surface area contributed by atoms with Gasteiger partial charge in [0.05, 0.1) is 18.9 Å². The Hall–Kier alpha value is -3.39. The minimum atomic E-state index is -0.231. The number of aliphatic imine (C=N–C) groups is 1. The van der Waals surface area contributed by atoms with Crippen molar-refractivity contribution in [3.8, 4) is 5.75 Å². The van der Waals surface area contributed by atoms with Gasteiger partial charge in [0.25, 0.3) is 0 Å². The van der Waals surface area contributed by atoms with Crippen LogP contribution in [0.25, 0.3) is 0 Å². The topological polar surface area (TPSA) is 94.5 Å². The van der Waals surface area contributed by atoms with E-state index in [1.807, 2.05) is 60.4 Å². The van der Waals surface area contributed by atoms with Gasteiger partial charge in [-0.15, -0.1) is 0 Å². The fraction of sp³-hybridized carbons (Fsp3) is 0.375. The highest BCUT2D eigenvalue weighted by Gasteiger charge is 2.35. The molecule has 2 amide bonds. The summed E-state index contributed by atoms with van der Waals surface area (Å²) in [6.07, 6.45) is 1.84. The molecule has 4 rings (SSSR count). The SMILES string of the molecule is CC1C(=O)NC2=Nc3ccc(OCCCCC(=O)N(CCO)c4ccccc4)cc3CN21. The lowest BCUT2D eigenvalue weighted by molar-refractivity contribution is -0.121. The van der Waals surface area contributed by atoms with Gasteiger partial charge in [0.15, 0.2) is 0 Å². The number of unbranched alkanes of at least 4 members (excludes halogenated alkanes) is 1. The summed E-state index contributed by atoms with van der Waals surface area (Å²) in [5, 5.41) is 12.1. The van der Waals surface area contributed by atoms with Gasteiger partial charge in [-0.1, -0.05) is 18.2 Å². The maximum absolute atomic E-state index is 12.6. The molecule has 32 heavy (non-hydrogen) atoms. The van der Waals surface area contributed by atoms with Crippen LogP contribution >= 0.6 is 0 Å². The molecule has 8 nitrogen and oxygen atoms in total. The van der Waals surface area contributed by atoms with Crippen LogP contribution in [0.3, 0.4) is 0 Å². The lowest BCUT2D eigenvalue weighted by atomic mass is 10.1. The molecule has 2 N–H and O–H groups in total. The normalized spacial score (nSPS) is 16.7. The number of para-hydroxylation sites is 1. The molecule has 0 bridgehead atoms. The van der Waals surface area contributed by atoms with Crippen molar-refractivity contribution >= 4 is 29.1 Å². The van der Waals surface area contributed by atoms with Gasteiger partial charge < -0.3 is 19.6 Å². The number of rotatable bonds is 9. The minimum absolute atomic E-state index is 0.00409. The molecule has 1 fully saturated rings. The van der Waals surface area contributed by atoms with E-state index in [4.69, 9.17) is 4.74 Å². The minimum Gasteiger partial charge on any atom is -0.494 e. The molecule has 1 saturated heterocycles. The van der Waals surface area contributed by atoms with E-state index >= 15 is 0 Å². The summed E-state index contributed by atoms with van der Waals surface area (Å²) in [6, 6.07) is 14.9. The number of aliphatic hydroxyl groups is 1. The van der Waals surface area contributed by atoms with Gasteiger partial charge in [0, 0.05) is 30.8 Å². The van der Waals surface area contributed by atoms with Crippen molar-refractivity contribution in [2.45, 2.75) is 38.8 Å². The predicted molar refractivity (Wildman–Crippen MR) is 122 cm³/mol. The molecule has 0 saturated carbocycles. The third-order valence-corrected chi connectivity index (χ3v) is 5.72. The van der Waals surface area contributed by atoms with Gasteiger partial charge >= 0.3 is 0 Å². The smallest absolute Gasteiger partial charge is 0.249 e. The number of hydrogen-bond acceptors (Lipinski definition) is 6.